The normalized spacial score (nSPS) is 16.1. The van der Waals surface area contributed by atoms with E-state index in [9.17, 15) is 4.79 Å². The summed E-state index contributed by atoms with van der Waals surface area (Å²) in [6, 6.07) is 11.6. The molecule has 0 bridgehead atoms. The number of halogens is 1. The highest BCUT2D eigenvalue weighted by Gasteiger charge is 2.21. The number of cyclic esters (lactones) is 1. The lowest BCUT2D eigenvalue weighted by Gasteiger charge is -2.03. The standard InChI is InChI=1S/C19H17BrO3/c1-12(2)9-17-11-14(19(21)23-17)10-16-7-8-18(22-16)13-3-5-15(20)6-4-13/h3-8,10-12H,9H2,1-2H3/b14-10-. The van der Waals surface area contributed by atoms with Crippen LogP contribution in [0.25, 0.3) is 17.4 Å². The molecule has 0 spiro atoms. The molecule has 0 saturated heterocycles. The average molecular weight is 373 g/mol. The van der Waals surface area contributed by atoms with Crippen molar-refractivity contribution >= 4 is 28.0 Å². The summed E-state index contributed by atoms with van der Waals surface area (Å²) in [5.41, 5.74) is 1.51. The van der Waals surface area contributed by atoms with E-state index in [0.717, 1.165) is 28.0 Å². The molecular formula is C19H17BrO3. The second-order valence-electron chi connectivity index (χ2n) is 5.91. The molecule has 2 aromatic rings. The van der Waals surface area contributed by atoms with Crippen LogP contribution in [0.2, 0.25) is 0 Å². The minimum absolute atomic E-state index is 0.317. The van der Waals surface area contributed by atoms with Gasteiger partial charge in [-0.2, -0.15) is 0 Å². The van der Waals surface area contributed by atoms with Crippen LogP contribution in [0.4, 0.5) is 0 Å². The van der Waals surface area contributed by atoms with Crippen molar-refractivity contribution in [2.45, 2.75) is 20.3 Å². The van der Waals surface area contributed by atoms with E-state index in [1.807, 2.05) is 36.4 Å². The number of carbonyl (C=O) groups is 1. The van der Waals surface area contributed by atoms with Gasteiger partial charge in [0.25, 0.3) is 0 Å². The molecule has 3 nitrogen and oxygen atoms in total. The Hall–Kier alpha value is -2.07. The van der Waals surface area contributed by atoms with Crippen molar-refractivity contribution in [3.05, 3.63) is 64.0 Å². The molecule has 3 rings (SSSR count). The minimum Gasteiger partial charge on any atom is -0.457 e. The lowest BCUT2D eigenvalue weighted by Crippen LogP contribution is -1.98. The first-order valence-electron chi connectivity index (χ1n) is 7.51. The van der Waals surface area contributed by atoms with E-state index in [0.29, 0.717) is 17.3 Å². The Morgan fingerprint density at radius 2 is 1.87 bits per heavy atom. The van der Waals surface area contributed by atoms with Crippen LogP contribution in [0, 0.1) is 5.92 Å². The van der Waals surface area contributed by atoms with Gasteiger partial charge in [-0.25, -0.2) is 4.79 Å². The zero-order chi connectivity index (χ0) is 16.4. The lowest BCUT2D eigenvalue weighted by atomic mass is 10.1. The molecule has 1 aliphatic heterocycles. The molecule has 0 unspecified atom stereocenters. The first-order valence-corrected chi connectivity index (χ1v) is 8.31. The van der Waals surface area contributed by atoms with Crippen LogP contribution >= 0.6 is 15.9 Å². The van der Waals surface area contributed by atoms with Crippen LogP contribution in [0.15, 0.2) is 62.7 Å². The number of furan rings is 1. The highest BCUT2D eigenvalue weighted by Crippen LogP contribution is 2.28. The molecule has 4 heteroatoms. The van der Waals surface area contributed by atoms with Crippen LogP contribution in [0.5, 0.6) is 0 Å². The third kappa shape index (κ3) is 3.82. The summed E-state index contributed by atoms with van der Waals surface area (Å²) in [6.45, 7) is 4.18. The molecule has 0 fully saturated rings. The third-order valence-electron chi connectivity index (χ3n) is 3.44. The second kappa shape index (κ2) is 6.59. The molecule has 0 N–H and O–H groups in total. The quantitative estimate of drug-likeness (QED) is 0.519. The smallest absolute Gasteiger partial charge is 0.343 e. The van der Waals surface area contributed by atoms with Gasteiger partial charge in [-0.3, -0.25) is 0 Å². The number of carbonyl (C=O) groups excluding carboxylic acids is 1. The molecule has 0 amide bonds. The number of rotatable bonds is 4. The zero-order valence-corrected chi connectivity index (χ0v) is 14.6. The molecular weight excluding hydrogens is 356 g/mol. The van der Waals surface area contributed by atoms with Crippen molar-refractivity contribution in [1.82, 2.24) is 0 Å². The van der Waals surface area contributed by atoms with E-state index in [1.165, 1.54) is 0 Å². The van der Waals surface area contributed by atoms with Crippen molar-refractivity contribution in [1.29, 1.82) is 0 Å². The van der Waals surface area contributed by atoms with Crippen LogP contribution in [-0.2, 0) is 9.53 Å². The van der Waals surface area contributed by atoms with Gasteiger partial charge in [0.1, 0.15) is 17.3 Å². The van der Waals surface area contributed by atoms with E-state index in [1.54, 1.807) is 12.2 Å². The number of hydrogen-bond donors (Lipinski definition) is 0. The molecule has 1 aromatic carbocycles. The Labute approximate surface area is 143 Å². The monoisotopic (exact) mass is 372 g/mol. The molecule has 23 heavy (non-hydrogen) atoms. The topological polar surface area (TPSA) is 39.4 Å². The van der Waals surface area contributed by atoms with Crippen molar-refractivity contribution in [3.8, 4) is 11.3 Å². The summed E-state index contributed by atoms with van der Waals surface area (Å²) in [6.07, 6.45) is 4.27. The first-order chi connectivity index (χ1) is 11.0. The van der Waals surface area contributed by atoms with E-state index in [4.69, 9.17) is 9.15 Å². The van der Waals surface area contributed by atoms with Gasteiger partial charge in [-0.15, -0.1) is 0 Å². The van der Waals surface area contributed by atoms with Crippen LogP contribution in [0.3, 0.4) is 0 Å². The van der Waals surface area contributed by atoms with E-state index < -0.39 is 0 Å². The molecule has 0 atom stereocenters. The maximum atomic E-state index is 11.9. The fraction of sp³-hybridized carbons (Fsp3) is 0.211. The Morgan fingerprint density at radius 1 is 1.13 bits per heavy atom. The third-order valence-corrected chi connectivity index (χ3v) is 3.97. The summed E-state index contributed by atoms with van der Waals surface area (Å²) in [4.78, 5) is 11.9. The number of benzene rings is 1. The number of esters is 1. The molecule has 0 saturated carbocycles. The lowest BCUT2D eigenvalue weighted by molar-refractivity contribution is -0.133. The largest absolute Gasteiger partial charge is 0.457 e. The minimum atomic E-state index is -0.317. The van der Waals surface area contributed by atoms with Gasteiger partial charge in [0.05, 0.1) is 5.57 Å². The Bertz CT molecular complexity index is 779. The van der Waals surface area contributed by atoms with Gasteiger partial charge in [-0.05, 0) is 42.3 Å². The summed E-state index contributed by atoms with van der Waals surface area (Å²) in [5, 5.41) is 0. The zero-order valence-electron chi connectivity index (χ0n) is 13.0. The highest BCUT2D eigenvalue weighted by molar-refractivity contribution is 9.10. The predicted octanol–water partition coefficient (Wildman–Crippen LogP) is 5.58. The summed E-state index contributed by atoms with van der Waals surface area (Å²) in [7, 11) is 0. The summed E-state index contributed by atoms with van der Waals surface area (Å²) >= 11 is 3.41. The Balaban J connectivity index is 1.82. The molecule has 1 aromatic heterocycles. The number of ether oxygens (including phenoxy) is 1. The maximum Gasteiger partial charge on any atom is 0.343 e. The summed E-state index contributed by atoms with van der Waals surface area (Å²) < 4.78 is 12.1. The van der Waals surface area contributed by atoms with Gasteiger partial charge in [0.2, 0.25) is 0 Å². The van der Waals surface area contributed by atoms with Crippen molar-refractivity contribution in [2.24, 2.45) is 5.92 Å². The van der Waals surface area contributed by atoms with Crippen molar-refractivity contribution < 1.29 is 13.9 Å². The first kappa shape index (κ1) is 15.8. The van der Waals surface area contributed by atoms with E-state index in [-0.39, 0.29) is 5.97 Å². The van der Waals surface area contributed by atoms with Gasteiger partial charge >= 0.3 is 5.97 Å². The fourth-order valence-electron chi connectivity index (χ4n) is 2.40. The SMILES string of the molecule is CC(C)CC1=C/C(=C/c2ccc(-c3ccc(Br)cc3)o2)C(=O)O1. The number of allylic oxidation sites excluding steroid dienone is 1. The van der Waals surface area contributed by atoms with E-state index >= 15 is 0 Å². The molecule has 2 heterocycles. The molecule has 118 valence electrons. The fourth-order valence-corrected chi connectivity index (χ4v) is 2.66. The molecule has 1 aliphatic rings. The molecule has 0 aliphatic carbocycles. The summed E-state index contributed by atoms with van der Waals surface area (Å²) in [5.74, 6) is 2.25. The van der Waals surface area contributed by atoms with Gasteiger partial charge in [0.15, 0.2) is 0 Å². The van der Waals surface area contributed by atoms with Gasteiger partial charge in [0, 0.05) is 16.5 Å². The Morgan fingerprint density at radius 3 is 2.57 bits per heavy atom. The van der Waals surface area contributed by atoms with Crippen LogP contribution in [-0.4, -0.2) is 5.97 Å². The number of hydrogen-bond acceptors (Lipinski definition) is 3. The van der Waals surface area contributed by atoms with Crippen LogP contribution in [0.1, 0.15) is 26.0 Å². The average Bonchev–Trinajstić information content (AvgIpc) is 3.07. The van der Waals surface area contributed by atoms with Gasteiger partial charge in [-0.1, -0.05) is 41.9 Å². The maximum absolute atomic E-state index is 11.9. The Kier molecular flexibility index (Phi) is 4.53. The van der Waals surface area contributed by atoms with E-state index in [2.05, 4.69) is 29.8 Å². The predicted molar refractivity (Wildman–Crippen MR) is 93.5 cm³/mol. The van der Waals surface area contributed by atoms with Gasteiger partial charge < -0.3 is 9.15 Å². The van der Waals surface area contributed by atoms with Crippen molar-refractivity contribution in [3.63, 3.8) is 0 Å². The van der Waals surface area contributed by atoms with Crippen LogP contribution < -0.4 is 0 Å². The second-order valence-corrected chi connectivity index (χ2v) is 6.82. The molecule has 0 radical (unpaired) electrons. The van der Waals surface area contributed by atoms with Crippen molar-refractivity contribution in [2.75, 3.05) is 0 Å². The highest BCUT2D eigenvalue weighted by atomic mass is 79.9.